The quantitative estimate of drug-likeness (QED) is 0.859. The fourth-order valence-corrected chi connectivity index (χ4v) is 2.84. The molecule has 124 valence electrons. The maximum atomic E-state index is 12.3. The molecule has 8 nitrogen and oxygen atoms in total. The van der Waals surface area contributed by atoms with Gasteiger partial charge in [-0.1, -0.05) is 6.92 Å². The maximum absolute atomic E-state index is 12.3. The highest BCUT2D eigenvalue weighted by atomic mass is 16.5. The van der Waals surface area contributed by atoms with E-state index in [4.69, 9.17) is 4.74 Å². The van der Waals surface area contributed by atoms with Gasteiger partial charge in [0.15, 0.2) is 5.82 Å². The van der Waals surface area contributed by atoms with Gasteiger partial charge in [0.25, 0.3) is 5.91 Å². The van der Waals surface area contributed by atoms with Crippen molar-refractivity contribution in [1.82, 2.24) is 30.3 Å². The molecule has 0 unspecified atom stereocenters. The summed E-state index contributed by atoms with van der Waals surface area (Å²) in [7, 11) is 1.82. The minimum atomic E-state index is -0.101. The molecule has 0 aliphatic carbocycles. The Labute approximate surface area is 134 Å². The molecule has 0 bridgehead atoms. The number of hydrogen-bond acceptors (Lipinski definition) is 5. The van der Waals surface area contributed by atoms with Crippen LogP contribution in [0.25, 0.3) is 0 Å². The summed E-state index contributed by atoms with van der Waals surface area (Å²) in [6, 6.07) is 0. The second kappa shape index (κ2) is 6.49. The van der Waals surface area contributed by atoms with Crippen molar-refractivity contribution in [3.8, 4) is 0 Å². The van der Waals surface area contributed by atoms with E-state index in [1.807, 2.05) is 20.9 Å². The van der Waals surface area contributed by atoms with Gasteiger partial charge in [0.1, 0.15) is 11.9 Å². The highest BCUT2D eigenvalue weighted by Gasteiger charge is 2.29. The Hall–Kier alpha value is -2.22. The summed E-state index contributed by atoms with van der Waals surface area (Å²) in [6.07, 6.45) is 4.13. The Bertz CT molecular complexity index is 692. The van der Waals surface area contributed by atoms with Gasteiger partial charge in [0.05, 0.1) is 17.4 Å². The highest BCUT2D eigenvalue weighted by Crippen LogP contribution is 2.30. The van der Waals surface area contributed by atoms with Crippen LogP contribution in [0.15, 0.2) is 6.20 Å². The molecule has 3 rings (SSSR count). The summed E-state index contributed by atoms with van der Waals surface area (Å²) in [5.41, 5.74) is 1.44. The molecule has 0 aromatic carbocycles. The standard InChI is InChI=1S/C15H22N6O2/c1-4-12-11(8-21(3)20-12)15(22)16-7-10-5-6-13(23-10)14-17-9(2)18-19-14/h8,10,13H,4-7H2,1-3H3,(H,16,22)(H,17,18,19)/t10-,13+/m1/s1. The van der Waals surface area contributed by atoms with Crippen molar-refractivity contribution in [2.75, 3.05) is 6.54 Å². The smallest absolute Gasteiger partial charge is 0.254 e. The first kappa shape index (κ1) is 15.7. The van der Waals surface area contributed by atoms with Gasteiger partial charge in [-0.15, -0.1) is 0 Å². The highest BCUT2D eigenvalue weighted by molar-refractivity contribution is 5.95. The minimum absolute atomic E-state index is 0.00972. The van der Waals surface area contributed by atoms with Gasteiger partial charge in [0, 0.05) is 19.8 Å². The molecule has 2 aromatic heterocycles. The number of carbonyl (C=O) groups excluding carboxylic acids is 1. The Balaban J connectivity index is 1.54. The van der Waals surface area contributed by atoms with Gasteiger partial charge in [-0.2, -0.15) is 10.2 Å². The number of ether oxygens (including phenoxy) is 1. The SMILES string of the molecule is CCc1nn(C)cc1C(=O)NC[C@H]1CC[C@@H](c2n[nH]c(C)n2)O1. The van der Waals surface area contributed by atoms with Crippen LogP contribution in [-0.4, -0.2) is 43.5 Å². The summed E-state index contributed by atoms with van der Waals surface area (Å²) >= 11 is 0. The second-order valence-corrected chi connectivity index (χ2v) is 5.83. The minimum Gasteiger partial charge on any atom is -0.365 e. The average molecular weight is 318 g/mol. The van der Waals surface area contributed by atoms with Crippen molar-refractivity contribution in [3.05, 3.63) is 29.1 Å². The van der Waals surface area contributed by atoms with Gasteiger partial charge in [-0.3, -0.25) is 14.6 Å². The van der Waals surface area contributed by atoms with E-state index >= 15 is 0 Å². The third-order valence-corrected chi connectivity index (χ3v) is 3.99. The number of nitrogens with one attached hydrogen (secondary N) is 2. The van der Waals surface area contributed by atoms with Crippen LogP contribution in [0, 0.1) is 6.92 Å². The molecule has 0 radical (unpaired) electrons. The second-order valence-electron chi connectivity index (χ2n) is 5.83. The van der Waals surface area contributed by atoms with E-state index in [1.165, 1.54) is 0 Å². The molecule has 1 aliphatic rings. The van der Waals surface area contributed by atoms with Crippen LogP contribution in [0.3, 0.4) is 0 Å². The summed E-state index contributed by atoms with van der Waals surface area (Å²) in [5.74, 6) is 1.37. The maximum Gasteiger partial charge on any atom is 0.254 e. The van der Waals surface area contributed by atoms with Crippen LogP contribution in [0.5, 0.6) is 0 Å². The van der Waals surface area contributed by atoms with Gasteiger partial charge in [-0.05, 0) is 26.2 Å². The fourth-order valence-electron chi connectivity index (χ4n) is 2.84. The molecule has 1 aliphatic heterocycles. The molecule has 0 spiro atoms. The van der Waals surface area contributed by atoms with Crippen LogP contribution in [0.1, 0.15) is 53.6 Å². The van der Waals surface area contributed by atoms with Crippen LogP contribution in [0.4, 0.5) is 0 Å². The Morgan fingerprint density at radius 2 is 2.35 bits per heavy atom. The number of H-pyrrole nitrogens is 1. The van der Waals surface area contributed by atoms with Crippen molar-refractivity contribution in [3.63, 3.8) is 0 Å². The Kier molecular flexibility index (Phi) is 4.42. The number of amides is 1. The van der Waals surface area contributed by atoms with Crippen LogP contribution in [-0.2, 0) is 18.2 Å². The predicted octanol–water partition coefficient (Wildman–Crippen LogP) is 1.06. The van der Waals surface area contributed by atoms with Gasteiger partial charge in [-0.25, -0.2) is 4.98 Å². The number of aromatic nitrogens is 5. The molecular formula is C15H22N6O2. The lowest BCUT2D eigenvalue weighted by molar-refractivity contribution is 0.0392. The lowest BCUT2D eigenvalue weighted by atomic mass is 10.1. The van der Waals surface area contributed by atoms with Gasteiger partial charge < -0.3 is 10.1 Å². The lowest BCUT2D eigenvalue weighted by Crippen LogP contribution is -2.32. The number of hydrogen-bond donors (Lipinski definition) is 2. The van der Waals surface area contributed by atoms with E-state index < -0.39 is 0 Å². The number of aryl methyl sites for hydroxylation is 3. The van der Waals surface area contributed by atoms with Crippen LogP contribution in [0.2, 0.25) is 0 Å². The number of nitrogens with zero attached hydrogens (tertiary/aromatic N) is 4. The largest absolute Gasteiger partial charge is 0.365 e. The molecule has 2 aromatic rings. The van der Waals surface area contributed by atoms with E-state index in [9.17, 15) is 4.79 Å². The summed E-state index contributed by atoms with van der Waals surface area (Å²) in [6.45, 7) is 4.34. The monoisotopic (exact) mass is 318 g/mol. The molecule has 1 saturated heterocycles. The molecule has 2 atom stereocenters. The molecule has 1 amide bonds. The predicted molar refractivity (Wildman–Crippen MR) is 82.9 cm³/mol. The van der Waals surface area contributed by atoms with E-state index in [2.05, 4.69) is 25.6 Å². The number of rotatable bonds is 5. The zero-order valence-corrected chi connectivity index (χ0v) is 13.7. The van der Waals surface area contributed by atoms with E-state index in [0.717, 1.165) is 30.8 Å². The zero-order chi connectivity index (χ0) is 16.4. The van der Waals surface area contributed by atoms with Crippen LogP contribution >= 0.6 is 0 Å². The van der Waals surface area contributed by atoms with Crippen LogP contribution < -0.4 is 5.32 Å². The van der Waals surface area contributed by atoms with Gasteiger partial charge >= 0.3 is 0 Å². The first-order chi connectivity index (χ1) is 11.1. The van der Waals surface area contributed by atoms with E-state index in [1.54, 1.807) is 10.9 Å². The first-order valence-corrected chi connectivity index (χ1v) is 7.92. The van der Waals surface area contributed by atoms with E-state index in [0.29, 0.717) is 17.9 Å². The fraction of sp³-hybridized carbons (Fsp3) is 0.600. The van der Waals surface area contributed by atoms with Crippen molar-refractivity contribution in [2.24, 2.45) is 7.05 Å². The molecule has 0 saturated carbocycles. The molecule has 2 N–H and O–H groups in total. The third-order valence-electron chi connectivity index (χ3n) is 3.99. The van der Waals surface area contributed by atoms with Crippen molar-refractivity contribution >= 4 is 5.91 Å². The molecule has 23 heavy (non-hydrogen) atoms. The summed E-state index contributed by atoms with van der Waals surface area (Å²) in [4.78, 5) is 16.6. The van der Waals surface area contributed by atoms with Gasteiger partial charge in [0.2, 0.25) is 0 Å². The molecule has 3 heterocycles. The molecular weight excluding hydrogens is 296 g/mol. The van der Waals surface area contributed by atoms with Crippen molar-refractivity contribution in [1.29, 1.82) is 0 Å². The first-order valence-electron chi connectivity index (χ1n) is 7.92. The normalized spacial score (nSPS) is 20.8. The topological polar surface area (TPSA) is 97.7 Å². The third kappa shape index (κ3) is 3.42. The summed E-state index contributed by atoms with van der Waals surface area (Å²) in [5, 5.41) is 14.2. The molecule has 8 heteroatoms. The van der Waals surface area contributed by atoms with Crippen molar-refractivity contribution < 1.29 is 9.53 Å². The van der Waals surface area contributed by atoms with Crippen molar-refractivity contribution in [2.45, 2.75) is 45.3 Å². The Morgan fingerprint density at radius 1 is 1.52 bits per heavy atom. The number of aromatic amines is 1. The zero-order valence-electron chi connectivity index (χ0n) is 13.7. The molecule has 1 fully saturated rings. The summed E-state index contributed by atoms with van der Waals surface area (Å²) < 4.78 is 7.60. The average Bonchev–Trinajstić information content (AvgIpc) is 3.23. The lowest BCUT2D eigenvalue weighted by Gasteiger charge is -2.12. The number of carbonyl (C=O) groups is 1. The van der Waals surface area contributed by atoms with E-state index in [-0.39, 0.29) is 18.1 Å². The Morgan fingerprint density at radius 3 is 3.04 bits per heavy atom.